The van der Waals surface area contributed by atoms with E-state index in [9.17, 15) is 19.5 Å². The molecule has 4 rings (SSSR count). The predicted molar refractivity (Wildman–Crippen MR) is 133 cm³/mol. The molecule has 7 nitrogen and oxygen atoms in total. The molecule has 0 spiro atoms. The number of nitrogens with one attached hydrogen (secondary N) is 2. The van der Waals surface area contributed by atoms with Gasteiger partial charge in [-0.3, -0.25) is 9.59 Å². The molecule has 2 atom stereocenters. The minimum Gasteiger partial charge on any atom is -0.481 e. The minimum absolute atomic E-state index is 0.0711. The number of amides is 2. The van der Waals surface area contributed by atoms with Crippen molar-refractivity contribution < 1.29 is 24.2 Å². The van der Waals surface area contributed by atoms with E-state index < -0.39 is 29.6 Å². The third kappa shape index (κ3) is 4.90. The molecule has 2 aromatic rings. The maximum Gasteiger partial charge on any atom is 0.408 e. The van der Waals surface area contributed by atoms with Gasteiger partial charge in [0.1, 0.15) is 12.1 Å². The Morgan fingerprint density at radius 3 is 2.09 bits per heavy atom. The Morgan fingerprint density at radius 2 is 1.51 bits per heavy atom. The number of alkyl carbamates (subject to hydrolysis) is 1. The molecule has 0 heterocycles. The van der Waals surface area contributed by atoms with E-state index in [1.54, 1.807) is 0 Å². The van der Waals surface area contributed by atoms with E-state index in [0.29, 0.717) is 25.7 Å². The summed E-state index contributed by atoms with van der Waals surface area (Å²) in [5.41, 5.74) is 3.37. The van der Waals surface area contributed by atoms with Crippen molar-refractivity contribution >= 4 is 18.0 Å². The highest BCUT2D eigenvalue weighted by Gasteiger charge is 2.41. The van der Waals surface area contributed by atoms with E-state index in [1.165, 1.54) is 0 Å². The van der Waals surface area contributed by atoms with Crippen molar-refractivity contribution in [1.82, 2.24) is 10.6 Å². The fraction of sp³-hybridized carbons (Fsp3) is 0.464. The second-order valence-corrected chi connectivity index (χ2v) is 9.55. The topological polar surface area (TPSA) is 105 Å². The first-order valence-electron chi connectivity index (χ1n) is 12.6. The number of carboxylic acid groups (broad SMARTS) is 1. The van der Waals surface area contributed by atoms with Crippen LogP contribution in [0.4, 0.5) is 4.79 Å². The van der Waals surface area contributed by atoms with Gasteiger partial charge in [0.2, 0.25) is 5.91 Å². The minimum atomic E-state index is -1.16. The van der Waals surface area contributed by atoms with Crippen molar-refractivity contribution in [2.45, 2.75) is 69.9 Å². The Kier molecular flexibility index (Phi) is 7.43. The summed E-state index contributed by atoms with van der Waals surface area (Å²) in [5, 5.41) is 15.3. The van der Waals surface area contributed by atoms with Crippen LogP contribution in [-0.2, 0) is 14.3 Å². The van der Waals surface area contributed by atoms with E-state index in [4.69, 9.17) is 4.74 Å². The fourth-order valence-electron chi connectivity index (χ4n) is 5.54. The molecule has 1 saturated carbocycles. The van der Waals surface area contributed by atoms with Crippen LogP contribution >= 0.6 is 0 Å². The summed E-state index contributed by atoms with van der Waals surface area (Å²) in [7, 11) is 0. The van der Waals surface area contributed by atoms with Crippen molar-refractivity contribution in [3.05, 3.63) is 59.7 Å². The second kappa shape index (κ2) is 10.5. The van der Waals surface area contributed by atoms with Crippen LogP contribution in [0, 0.1) is 5.92 Å². The number of carbonyl (C=O) groups excluding carboxylic acids is 2. The lowest BCUT2D eigenvalue weighted by molar-refractivity contribution is -0.144. The number of carboxylic acids is 1. The molecule has 2 aliphatic carbocycles. The van der Waals surface area contributed by atoms with Crippen molar-refractivity contribution in [3.63, 3.8) is 0 Å². The highest BCUT2D eigenvalue weighted by atomic mass is 16.5. The van der Waals surface area contributed by atoms with Gasteiger partial charge in [-0.25, -0.2) is 4.79 Å². The van der Waals surface area contributed by atoms with Crippen LogP contribution in [0.1, 0.15) is 69.4 Å². The summed E-state index contributed by atoms with van der Waals surface area (Å²) in [4.78, 5) is 37.9. The predicted octanol–water partition coefficient (Wildman–Crippen LogP) is 4.84. The van der Waals surface area contributed by atoms with Crippen LogP contribution in [0.5, 0.6) is 0 Å². The van der Waals surface area contributed by atoms with E-state index in [-0.39, 0.29) is 18.4 Å². The molecule has 2 amide bonds. The maximum absolute atomic E-state index is 13.3. The average Bonchev–Trinajstić information content (AvgIpc) is 3.20. The molecule has 3 N–H and O–H groups in total. The summed E-state index contributed by atoms with van der Waals surface area (Å²) in [6.45, 7) is 3.83. The smallest absolute Gasteiger partial charge is 0.408 e. The Balaban J connectivity index is 1.44. The van der Waals surface area contributed by atoms with Gasteiger partial charge in [0, 0.05) is 12.0 Å². The van der Waals surface area contributed by atoms with Crippen LogP contribution in [0.3, 0.4) is 0 Å². The molecule has 0 radical (unpaired) electrons. The first-order chi connectivity index (χ1) is 16.9. The summed E-state index contributed by atoms with van der Waals surface area (Å²) in [5.74, 6) is -1.92. The van der Waals surface area contributed by atoms with Crippen LogP contribution in [0.2, 0.25) is 0 Å². The van der Waals surface area contributed by atoms with Crippen molar-refractivity contribution in [1.29, 1.82) is 0 Å². The zero-order valence-corrected chi connectivity index (χ0v) is 20.4. The Hall–Kier alpha value is -3.35. The molecule has 1 fully saturated rings. The van der Waals surface area contributed by atoms with Gasteiger partial charge in [-0.1, -0.05) is 75.2 Å². The van der Waals surface area contributed by atoms with Gasteiger partial charge in [0.15, 0.2) is 0 Å². The SMILES string of the molecule is CCC(CC)(NC(=O)OCC1c2ccccc2-c2ccccc21)C(=O)N[C@H]1CCCC[C@H]1C(=O)O. The van der Waals surface area contributed by atoms with Gasteiger partial charge in [-0.2, -0.15) is 0 Å². The summed E-state index contributed by atoms with van der Waals surface area (Å²) < 4.78 is 5.67. The lowest BCUT2D eigenvalue weighted by Crippen LogP contribution is -2.61. The van der Waals surface area contributed by atoms with Crippen molar-refractivity contribution in [2.24, 2.45) is 5.92 Å². The first kappa shape index (κ1) is 24.8. The Labute approximate surface area is 206 Å². The Bertz CT molecular complexity index is 1050. The highest BCUT2D eigenvalue weighted by molar-refractivity contribution is 5.90. The normalized spacial score (nSPS) is 19.4. The van der Waals surface area contributed by atoms with Crippen LogP contribution in [0.25, 0.3) is 11.1 Å². The zero-order valence-electron chi connectivity index (χ0n) is 20.4. The van der Waals surface area contributed by atoms with Gasteiger partial charge in [0.05, 0.1) is 5.92 Å². The standard InChI is InChI=1S/C28H34N2O5/c1-3-28(4-2,26(33)29-24-16-10-9-15-22(24)25(31)32)30-27(34)35-17-23-20-13-7-5-11-18(20)19-12-6-8-14-21(19)23/h5-8,11-14,22-24H,3-4,9-10,15-17H2,1-2H3,(H,29,33)(H,30,34)(H,31,32)/t22-,24+/m1/s1. The van der Waals surface area contributed by atoms with Gasteiger partial charge >= 0.3 is 12.1 Å². The number of hydrogen-bond acceptors (Lipinski definition) is 4. The summed E-state index contributed by atoms with van der Waals surface area (Å²) in [6, 6.07) is 15.8. The highest BCUT2D eigenvalue weighted by Crippen LogP contribution is 2.44. The molecule has 35 heavy (non-hydrogen) atoms. The quantitative estimate of drug-likeness (QED) is 0.503. The molecule has 0 aliphatic heterocycles. The van der Waals surface area contributed by atoms with Gasteiger partial charge < -0.3 is 20.5 Å². The molecular formula is C28H34N2O5. The number of hydrogen-bond donors (Lipinski definition) is 3. The van der Waals surface area contributed by atoms with Crippen LogP contribution in [0.15, 0.2) is 48.5 Å². The zero-order chi connectivity index (χ0) is 25.0. The van der Waals surface area contributed by atoms with Crippen molar-refractivity contribution in [2.75, 3.05) is 6.61 Å². The Morgan fingerprint density at radius 1 is 0.943 bits per heavy atom. The lowest BCUT2D eigenvalue weighted by Gasteiger charge is -2.36. The molecule has 0 saturated heterocycles. The van der Waals surface area contributed by atoms with E-state index in [0.717, 1.165) is 35.1 Å². The molecule has 7 heteroatoms. The van der Waals surface area contributed by atoms with Crippen LogP contribution in [-0.4, -0.2) is 41.3 Å². The van der Waals surface area contributed by atoms with Crippen LogP contribution < -0.4 is 10.6 Å². The van der Waals surface area contributed by atoms with Gasteiger partial charge in [-0.15, -0.1) is 0 Å². The molecule has 0 aromatic heterocycles. The first-order valence-corrected chi connectivity index (χ1v) is 12.6. The number of carbonyl (C=O) groups is 3. The van der Waals surface area contributed by atoms with E-state index in [2.05, 4.69) is 34.9 Å². The third-order valence-electron chi connectivity index (χ3n) is 7.73. The molecule has 2 aromatic carbocycles. The molecule has 2 aliphatic rings. The van der Waals surface area contributed by atoms with Crippen molar-refractivity contribution in [3.8, 4) is 11.1 Å². The number of ether oxygens (including phenoxy) is 1. The maximum atomic E-state index is 13.3. The number of benzene rings is 2. The molecular weight excluding hydrogens is 444 g/mol. The van der Waals surface area contributed by atoms with Gasteiger partial charge in [0.25, 0.3) is 0 Å². The molecule has 0 unspecified atom stereocenters. The summed E-state index contributed by atoms with van der Waals surface area (Å²) in [6.07, 6.45) is 2.97. The molecule has 0 bridgehead atoms. The lowest BCUT2D eigenvalue weighted by atomic mass is 9.83. The summed E-state index contributed by atoms with van der Waals surface area (Å²) >= 11 is 0. The number of rotatable bonds is 8. The number of aliphatic carboxylic acids is 1. The monoisotopic (exact) mass is 478 g/mol. The van der Waals surface area contributed by atoms with Gasteiger partial charge in [-0.05, 0) is 47.9 Å². The largest absolute Gasteiger partial charge is 0.481 e. The van der Waals surface area contributed by atoms with E-state index >= 15 is 0 Å². The third-order valence-corrected chi connectivity index (χ3v) is 7.73. The second-order valence-electron chi connectivity index (χ2n) is 9.55. The number of fused-ring (bicyclic) bond motifs is 3. The van der Waals surface area contributed by atoms with E-state index in [1.807, 2.05) is 38.1 Å². The fourth-order valence-corrected chi connectivity index (χ4v) is 5.54. The average molecular weight is 479 g/mol. The molecule has 186 valence electrons.